The molecule has 8 nitrogen and oxygen atoms in total. The van der Waals surface area contributed by atoms with Gasteiger partial charge < -0.3 is 10.1 Å². The lowest BCUT2D eigenvalue weighted by Crippen LogP contribution is -2.32. The van der Waals surface area contributed by atoms with Gasteiger partial charge in [-0.1, -0.05) is 42.1 Å². The van der Waals surface area contributed by atoms with Crippen LogP contribution in [0.15, 0.2) is 59.8 Å². The zero-order chi connectivity index (χ0) is 21.6. The first-order chi connectivity index (χ1) is 15.1. The number of urea groups is 1. The van der Waals surface area contributed by atoms with Crippen molar-refractivity contribution in [3.05, 3.63) is 66.2 Å². The molecule has 10 heteroatoms. The fourth-order valence-electron chi connectivity index (χ4n) is 3.10. The Morgan fingerprint density at radius 1 is 1.06 bits per heavy atom. The number of halogens is 1. The molecule has 1 aromatic heterocycles. The van der Waals surface area contributed by atoms with Crippen LogP contribution >= 0.6 is 11.8 Å². The summed E-state index contributed by atoms with van der Waals surface area (Å²) in [6, 6.07) is 15.4. The molecular weight excluding hydrogens is 421 g/mol. The number of para-hydroxylation sites is 2. The number of benzene rings is 2. The number of thioether (sulfide) groups is 1. The van der Waals surface area contributed by atoms with Gasteiger partial charge in [0.2, 0.25) is 5.91 Å². The van der Waals surface area contributed by atoms with Gasteiger partial charge in [-0.3, -0.25) is 14.3 Å². The average molecular weight is 441 g/mol. The van der Waals surface area contributed by atoms with Crippen LogP contribution in [0.25, 0.3) is 5.69 Å². The molecule has 0 atom stereocenters. The van der Waals surface area contributed by atoms with Gasteiger partial charge in [-0.2, -0.15) is 0 Å². The van der Waals surface area contributed by atoms with Gasteiger partial charge in [0.1, 0.15) is 6.61 Å². The fraction of sp³-hybridized carbons (Fsp3) is 0.238. The average Bonchev–Trinajstić information content (AvgIpc) is 3.34. The van der Waals surface area contributed by atoms with Crippen molar-refractivity contribution < 1.29 is 18.7 Å². The molecule has 1 aliphatic heterocycles. The first-order valence-corrected chi connectivity index (χ1v) is 10.7. The van der Waals surface area contributed by atoms with Crippen LogP contribution in [0.5, 0.6) is 5.75 Å². The number of imide groups is 1. The van der Waals surface area contributed by atoms with Crippen molar-refractivity contribution in [2.45, 2.75) is 18.2 Å². The quantitative estimate of drug-likeness (QED) is 0.312. The number of ether oxygens (including phenoxy) is 1. The number of amides is 3. The molecule has 0 unspecified atom stereocenters. The van der Waals surface area contributed by atoms with Crippen molar-refractivity contribution in [3.63, 3.8) is 0 Å². The van der Waals surface area contributed by atoms with Gasteiger partial charge in [0, 0.05) is 18.0 Å². The van der Waals surface area contributed by atoms with Crippen LogP contribution in [0.1, 0.15) is 12.2 Å². The minimum atomic E-state index is -0.441. The summed E-state index contributed by atoms with van der Waals surface area (Å²) in [5.41, 5.74) is 0.858. The number of carbonyl (C=O) groups excluding carboxylic acids is 2. The number of aromatic nitrogens is 3. The fourth-order valence-corrected chi connectivity index (χ4v) is 3.99. The molecule has 31 heavy (non-hydrogen) atoms. The van der Waals surface area contributed by atoms with Gasteiger partial charge in [0.05, 0.1) is 6.54 Å². The van der Waals surface area contributed by atoms with E-state index in [4.69, 9.17) is 4.74 Å². The summed E-state index contributed by atoms with van der Waals surface area (Å²) in [7, 11) is 0. The summed E-state index contributed by atoms with van der Waals surface area (Å²) in [6.45, 7) is 0.450. The van der Waals surface area contributed by atoms with E-state index in [1.165, 1.54) is 22.7 Å². The zero-order valence-corrected chi connectivity index (χ0v) is 17.3. The Balaban J connectivity index is 1.45. The molecule has 2 heterocycles. The summed E-state index contributed by atoms with van der Waals surface area (Å²) in [5.74, 6) is 0.660. The van der Waals surface area contributed by atoms with E-state index in [1.54, 1.807) is 18.2 Å². The molecule has 0 spiro atoms. The second-order valence-electron chi connectivity index (χ2n) is 6.69. The maximum Gasteiger partial charge on any atom is 0.324 e. The monoisotopic (exact) mass is 441 g/mol. The van der Waals surface area contributed by atoms with E-state index in [2.05, 4.69) is 15.5 Å². The smallest absolute Gasteiger partial charge is 0.324 e. The molecule has 3 aromatic rings. The maximum atomic E-state index is 13.9. The van der Waals surface area contributed by atoms with E-state index in [0.717, 1.165) is 5.69 Å². The summed E-state index contributed by atoms with van der Waals surface area (Å²) in [5, 5.41) is 11.7. The van der Waals surface area contributed by atoms with Gasteiger partial charge in [-0.15, -0.1) is 10.2 Å². The Hall–Kier alpha value is -3.40. The number of rotatable bonds is 9. The van der Waals surface area contributed by atoms with E-state index < -0.39 is 5.82 Å². The minimum Gasteiger partial charge on any atom is -0.483 e. The van der Waals surface area contributed by atoms with E-state index in [-0.39, 0.29) is 30.8 Å². The van der Waals surface area contributed by atoms with Crippen LogP contribution in [-0.4, -0.2) is 50.4 Å². The first-order valence-electron chi connectivity index (χ1n) is 9.71. The molecule has 1 aliphatic rings. The molecule has 3 amide bonds. The SMILES string of the molecule is O=C1CNC(=O)N1CCCSc1nnc(COc2ccccc2F)n1-c1ccccc1. The molecule has 1 fully saturated rings. The van der Waals surface area contributed by atoms with Gasteiger partial charge in [0.15, 0.2) is 22.5 Å². The van der Waals surface area contributed by atoms with Crippen LogP contribution in [0.4, 0.5) is 9.18 Å². The Morgan fingerprint density at radius 2 is 1.84 bits per heavy atom. The summed E-state index contributed by atoms with van der Waals surface area (Å²) >= 11 is 1.46. The molecule has 2 aromatic carbocycles. The van der Waals surface area contributed by atoms with Gasteiger partial charge in [-0.25, -0.2) is 9.18 Å². The molecule has 0 radical (unpaired) electrons. The van der Waals surface area contributed by atoms with Crippen LogP contribution in [0, 0.1) is 5.82 Å². The van der Waals surface area contributed by atoms with Crippen LogP contribution in [0.3, 0.4) is 0 Å². The van der Waals surface area contributed by atoms with Gasteiger partial charge >= 0.3 is 6.03 Å². The maximum absolute atomic E-state index is 13.9. The third-order valence-electron chi connectivity index (χ3n) is 4.60. The first kappa shape index (κ1) is 20.9. The Morgan fingerprint density at radius 3 is 2.58 bits per heavy atom. The van der Waals surface area contributed by atoms with Crippen molar-refractivity contribution in [3.8, 4) is 11.4 Å². The van der Waals surface area contributed by atoms with E-state index in [0.29, 0.717) is 29.7 Å². The molecule has 0 aliphatic carbocycles. The van der Waals surface area contributed by atoms with Crippen molar-refractivity contribution in [2.75, 3.05) is 18.8 Å². The molecular formula is C21H20FN5O3S. The Labute approximate surface area is 182 Å². The van der Waals surface area contributed by atoms with Gasteiger partial charge in [0.25, 0.3) is 0 Å². The number of hydrogen-bond acceptors (Lipinski definition) is 6. The second-order valence-corrected chi connectivity index (χ2v) is 7.76. The van der Waals surface area contributed by atoms with Crippen LogP contribution < -0.4 is 10.1 Å². The van der Waals surface area contributed by atoms with Crippen molar-refractivity contribution >= 4 is 23.7 Å². The lowest BCUT2D eigenvalue weighted by molar-refractivity contribution is -0.124. The molecule has 1 N–H and O–H groups in total. The van der Waals surface area contributed by atoms with Crippen LogP contribution in [-0.2, 0) is 11.4 Å². The highest BCUT2D eigenvalue weighted by Crippen LogP contribution is 2.24. The third-order valence-corrected chi connectivity index (χ3v) is 5.62. The standard InChI is InChI=1S/C21H20FN5O3S/c22-16-9-4-5-10-17(16)30-14-18-24-25-21(27(18)15-7-2-1-3-8-15)31-12-6-11-26-19(28)13-23-20(26)29/h1-5,7-10H,6,11-14H2,(H,23,29). The van der Waals surface area contributed by atoms with E-state index >= 15 is 0 Å². The second kappa shape index (κ2) is 9.61. The van der Waals surface area contributed by atoms with Crippen molar-refractivity contribution in [2.24, 2.45) is 0 Å². The normalized spacial score (nSPS) is 13.5. The summed E-state index contributed by atoms with van der Waals surface area (Å²) in [6.07, 6.45) is 0.618. The topological polar surface area (TPSA) is 89.3 Å². The predicted molar refractivity (Wildman–Crippen MR) is 113 cm³/mol. The van der Waals surface area contributed by atoms with E-state index in [1.807, 2.05) is 34.9 Å². The number of nitrogens with one attached hydrogen (secondary N) is 1. The summed E-state index contributed by atoms with van der Waals surface area (Å²) < 4.78 is 21.4. The lowest BCUT2D eigenvalue weighted by atomic mass is 10.3. The van der Waals surface area contributed by atoms with Gasteiger partial charge in [-0.05, 0) is 30.7 Å². The number of carbonyl (C=O) groups is 2. The molecule has 160 valence electrons. The summed E-state index contributed by atoms with van der Waals surface area (Å²) in [4.78, 5) is 24.5. The molecule has 0 bridgehead atoms. The Kier molecular flexibility index (Phi) is 6.46. The zero-order valence-electron chi connectivity index (χ0n) is 16.5. The highest BCUT2D eigenvalue weighted by atomic mass is 32.2. The highest BCUT2D eigenvalue weighted by molar-refractivity contribution is 7.99. The highest BCUT2D eigenvalue weighted by Gasteiger charge is 2.27. The minimum absolute atomic E-state index is 0.0475. The molecule has 1 saturated heterocycles. The molecule has 0 saturated carbocycles. The Bertz CT molecular complexity index is 1060. The number of hydrogen-bond donors (Lipinski definition) is 1. The number of nitrogens with zero attached hydrogens (tertiary/aromatic N) is 4. The predicted octanol–water partition coefficient (Wildman–Crippen LogP) is 3.02. The van der Waals surface area contributed by atoms with Crippen LogP contribution in [0.2, 0.25) is 0 Å². The van der Waals surface area contributed by atoms with E-state index in [9.17, 15) is 14.0 Å². The van der Waals surface area contributed by atoms with Crippen molar-refractivity contribution in [1.29, 1.82) is 0 Å². The van der Waals surface area contributed by atoms with Crippen molar-refractivity contribution in [1.82, 2.24) is 25.0 Å². The lowest BCUT2D eigenvalue weighted by Gasteiger charge is -2.13. The third kappa shape index (κ3) is 4.85. The largest absolute Gasteiger partial charge is 0.483 e. The molecule has 4 rings (SSSR count).